The first-order valence-corrected chi connectivity index (χ1v) is 22.0. The summed E-state index contributed by atoms with van der Waals surface area (Å²) in [5, 5.41) is 13.2. The Bertz CT molecular complexity index is 1500. The Morgan fingerprint density at radius 2 is 1.67 bits per heavy atom. The second-order valence-corrected chi connectivity index (χ2v) is 16.4. The van der Waals surface area contributed by atoms with Crippen LogP contribution < -0.4 is 27.0 Å². The number of rotatable bonds is 19. The van der Waals surface area contributed by atoms with Gasteiger partial charge in [0.25, 0.3) is 5.91 Å². The molecule has 1 saturated heterocycles. The first kappa shape index (κ1) is 54.0. The van der Waals surface area contributed by atoms with Gasteiger partial charge in [-0.25, -0.2) is 9.10 Å². The van der Waals surface area contributed by atoms with Gasteiger partial charge in [-0.3, -0.25) is 19.2 Å². The van der Waals surface area contributed by atoms with Gasteiger partial charge in [-0.2, -0.15) is 0 Å². The number of hydrogen-bond acceptors (Lipinski definition) is 9. The summed E-state index contributed by atoms with van der Waals surface area (Å²) in [5.41, 5.74) is 6.75. The van der Waals surface area contributed by atoms with Crippen LogP contribution in [0, 0.1) is 24.2 Å². The predicted molar refractivity (Wildman–Crippen MR) is 244 cm³/mol. The number of likely N-dealkylation sites (tertiary alicyclic amines) is 1. The number of Topliss-reactive ketones (excluding diaryl/α,β-unsaturated/α-hetero) is 1. The van der Waals surface area contributed by atoms with E-state index in [1.165, 1.54) is 48.2 Å². The fourth-order valence-corrected chi connectivity index (χ4v) is 7.89. The number of nitrogens with zero attached hydrogens (tertiary/aromatic N) is 2. The molecule has 1 aromatic rings. The van der Waals surface area contributed by atoms with Crippen LogP contribution >= 0.6 is 23.7 Å². The normalized spacial score (nSPS) is 15.8. The minimum atomic E-state index is -1.15. The molecule has 4 atom stereocenters. The third kappa shape index (κ3) is 18.7. The number of nitrogens with one attached hydrogen (secondary N) is 4. The quantitative estimate of drug-likeness (QED) is 0.0473. The monoisotopic (exact) mass is 841 g/mol. The molecule has 5 amide bonds. The second-order valence-electron chi connectivity index (χ2n) is 13.8. The van der Waals surface area contributed by atoms with Gasteiger partial charge < -0.3 is 31.9 Å². The van der Waals surface area contributed by atoms with Gasteiger partial charge in [0.15, 0.2) is 0 Å². The van der Waals surface area contributed by atoms with Crippen molar-refractivity contribution in [2.75, 3.05) is 33.7 Å². The Morgan fingerprint density at radius 3 is 2.21 bits per heavy atom. The van der Waals surface area contributed by atoms with Crippen molar-refractivity contribution >= 4 is 53.2 Å². The zero-order valence-corrected chi connectivity index (χ0v) is 38.0. The van der Waals surface area contributed by atoms with E-state index in [-0.39, 0.29) is 43.2 Å². The van der Waals surface area contributed by atoms with Crippen LogP contribution in [-0.4, -0.2) is 96.6 Å². The van der Waals surface area contributed by atoms with Gasteiger partial charge in [-0.1, -0.05) is 103 Å². The largest absolute Gasteiger partial charge is 0.346 e. The molecule has 3 rings (SSSR count). The van der Waals surface area contributed by atoms with E-state index >= 15 is 0 Å². The molecule has 14 heteroatoms. The molecule has 0 bridgehead atoms. The van der Waals surface area contributed by atoms with Crippen molar-refractivity contribution in [2.24, 2.45) is 17.6 Å². The summed E-state index contributed by atoms with van der Waals surface area (Å²) in [5.74, 6) is -0.259. The summed E-state index contributed by atoms with van der Waals surface area (Å²) < 4.78 is 2.93. The van der Waals surface area contributed by atoms with E-state index in [1.54, 1.807) is 0 Å². The molecule has 1 fully saturated rings. The van der Waals surface area contributed by atoms with E-state index in [9.17, 15) is 24.0 Å². The maximum atomic E-state index is 14.5. The number of ketones is 1. The first-order chi connectivity index (χ1) is 27.8. The molecule has 0 radical (unpaired) electrons. The van der Waals surface area contributed by atoms with Gasteiger partial charge in [-0.05, 0) is 93.4 Å². The van der Waals surface area contributed by atoms with Crippen LogP contribution in [0.1, 0.15) is 91.7 Å². The number of nitrogens with two attached hydrogens (primary N) is 1. The zero-order chi connectivity index (χ0) is 44.2. The van der Waals surface area contributed by atoms with Gasteiger partial charge >= 0.3 is 6.03 Å². The Hall–Kier alpha value is -4.03. The van der Waals surface area contributed by atoms with Gasteiger partial charge in [0.05, 0.1) is 10.3 Å². The Morgan fingerprint density at radius 1 is 1.07 bits per heavy atom. The highest BCUT2D eigenvalue weighted by molar-refractivity contribution is 8.22. The number of benzene rings is 1. The SMILES string of the molecule is C#CCCC(NC(=O)C1CCCN1C(=O)C(NC(=O)NC(CN(C)SC(=C)S/C=C\C)C(C)C)C1Cc2ccccc2C1)C(=O)C(=O)NCC=C.CC.CCC.CN. The smallest absolute Gasteiger partial charge is 0.315 e. The summed E-state index contributed by atoms with van der Waals surface area (Å²) in [6, 6.07) is 4.35. The third-order valence-corrected chi connectivity index (χ3v) is 10.8. The van der Waals surface area contributed by atoms with Crippen molar-refractivity contribution in [1.82, 2.24) is 30.5 Å². The minimum Gasteiger partial charge on any atom is -0.346 e. The molecule has 0 saturated carbocycles. The molecular formula is C44H71N7O5S2. The Balaban J connectivity index is 0.00000436. The standard InChI is InChI=1S/C38H52N6O5S2.C3H8.C2H6.CH5N/c1-8-11-17-30(34(45)36(47)39-19-9-2)40-35(46)32-18-14-20-44(32)37(48)33(29-22-27-15-12-13-16-28(27)23-29)42-38(49)41-31(25(4)5)24-43(7)51-26(6)50-21-10-3;1-3-2;2*1-2/h1,9-10,12-13,15-16,21,25,29-33H,2,6,11,14,17-20,22-24H2,3-5,7H3,(H,39,47)(H,40,46)(H2,41,42,49);3H2,1-2H3;1-2H3;2H2,1H3/b21-10-;;;. The molecule has 0 spiro atoms. The number of thioether (sulfide) groups is 1. The van der Waals surface area contributed by atoms with E-state index in [4.69, 9.17) is 6.42 Å². The van der Waals surface area contributed by atoms with Crippen LogP contribution in [0.5, 0.6) is 0 Å². The molecule has 4 unspecified atom stereocenters. The molecule has 6 N–H and O–H groups in total. The van der Waals surface area contributed by atoms with Crippen LogP contribution in [0.4, 0.5) is 4.79 Å². The van der Waals surface area contributed by atoms with E-state index in [0.29, 0.717) is 38.8 Å². The zero-order valence-electron chi connectivity index (χ0n) is 36.4. The second kappa shape index (κ2) is 31.0. The van der Waals surface area contributed by atoms with Crippen LogP contribution in [0.25, 0.3) is 0 Å². The number of urea groups is 1. The van der Waals surface area contributed by atoms with Crippen LogP contribution in [0.15, 0.2) is 59.2 Å². The average molecular weight is 842 g/mol. The summed E-state index contributed by atoms with van der Waals surface area (Å²) in [6.45, 7) is 22.8. The first-order valence-electron chi connectivity index (χ1n) is 20.4. The molecule has 0 aromatic heterocycles. The summed E-state index contributed by atoms with van der Waals surface area (Å²) >= 11 is 3.03. The summed E-state index contributed by atoms with van der Waals surface area (Å²) in [4.78, 5) is 68.8. The van der Waals surface area contributed by atoms with Gasteiger partial charge in [0.2, 0.25) is 17.6 Å². The van der Waals surface area contributed by atoms with Crippen LogP contribution in [0.2, 0.25) is 0 Å². The number of hydrogen-bond donors (Lipinski definition) is 5. The summed E-state index contributed by atoms with van der Waals surface area (Å²) in [6.07, 6.45) is 12.4. The highest BCUT2D eigenvalue weighted by Crippen LogP contribution is 2.32. The van der Waals surface area contributed by atoms with E-state index in [0.717, 1.165) is 15.4 Å². The molecule has 1 aliphatic heterocycles. The fourth-order valence-electron chi connectivity index (χ4n) is 6.29. The molecule has 2 aliphatic rings. The highest BCUT2D eigenvalue weighted by atomic mass is 32.2. The van der Waals surface area contributed by atoms with E-state index in [2.05, 4.69) is 59.9 Å². The third-order valence-electron chi connectivity index (χ3n) is 8.95. The van der Waals surface area contributed by atoms with Gasteiger partial charge in [0, 0.05) is 32.1 Å². The maximum Gasteiger partial charge on any atom is 0.315 e. The lowest BCUT2D eigenvalue weighted by atomic mass is 9.94. The molecule has 1 aliphatic carbocycles. The van der Waals surface area contributed by atoms with Gasteiger partial charge in [-0.15, -0.1) is 18.9 Å². The van der Waals surface area contributed by atoms with Crippen molar-refractivity contribution < 1.29 is 24.0 Å². The van der Waals surface area contributed by atoms with E-state index in [1.807, 2.05) is 81.7 Å². The number of carbonyl (C=O) groups excluding carboxylic acids is 5. The van der Waals surface area contributed by atoms with Gasteiger partial charge in [0.1, 0.15) is 12.1 Å². The molecule has 1 heterocycles. The topological polar surface area (TPSA) is 166 Å². The lowest BCUT2D eigenvalue weighted by Gasteiger charge is -2.33. The van der Waals surface area contributed by atoms with E-state index < -0.39 is 41.8 Å². The lowest BCUT2D eigenvalue weighted by Crippen LogP contribution is -2.60. The Labute approximate surface area is 357 Å². The number of terminal acetylenes is 1. The Kier molecular flexibility index (Phi) is 28.8. The van der Waals surface area contributed by atoms with Crippen molar-refractivity contribution in [2.45, 2.75) is 118 Å². The van der Waals surface area contributed by atoms with Crippen molar-refractivity contribution in [3.63, 3.8) is 0 Å². The molecule has 1 aromatic carbocycles. The van der Waals surface area contributed by atoms with Crippen LogP contribution in [0.3, 0.4) is 0 Å². The molecular weight excluding hydrogens is 771 g/mol. The lowest BCUT2D eigenvalue weighted by molar-refractivity contribution is -0.143. The number of carbonyl (C=O) groups is 5. The number of amides is 5. The summed E-state index contributed by atoms with van der Waals surface area (Å²) in [7, 11) is 3.44. The fraction of sp³-hybridized carbons (Fsp3) is 0.568. The number of allylic oxidation sites excluding steroid dienone is 1. The number of fused-ring (bicyclic) bond motifs is 1. The van der Waals surface area contributed by atoms with Crippen molar-refractivity contribution in [3.8, 4) is 12.3 Å². The van der Waals surface area contributed by atoms with Crippen LogP contribution in [-0.2, 0) is 32.0 Å². The van der Waals surface area contributed by atoms with Crippen molar-refractivity contribution in [1.29, 1.82) is 0 Å². The highest BCUT2D eigenvalue weighted by Gasteiger charge is 2.43. The van der Waals surface area contributed by atoms with Crippen molar-refractivity contribution in [3.05, 3.63) is 70.3 Å². The maximum absolute atomic E-state index is 14.5. The minimum absolute atomic E-state index is 0.0708. The predicted octanol–water partition coefficient (Wildman–Crippen LogP) is 6.19. The number of likely N-dealkylation sites (N-methyl/N-ethyl adjacent to an activating group) is 1. The molecule has 324 valence electrons. The molecule has 12 nitrogen and oxygen atoms in total. The molecule has 58 heavy (non-hydrogen) atoms. The average Bonchev–Trinajstić information content (AvgIpc) is 3.89.